The lowest BCUT2D eigenvalue weighted by atomic mass is 10.2. The van der Waals surface area contributed by atoms with E-state index < -0.39 is 0 Å². The van der Waals surface area contributed by atoms with Crippen molar-refractivity contribution in [3.05, 3.63) is 24.3 Å². The van der Waals surface area contributed by atoms with Gasteiger partial charge >= 0.3 is 0 Å². The fraction of sp³-hybridized carbons (Fsp3) is 0.312. The minimum atomic E-state index is -0.322. The van der Waals surface area contributed by atoms with Gasteiger partial charge < -0.3 is 14.6 Å². The number of thioether (sulfide) groups is 1. The van der Waals surface area contributed by atoms with Crippen LogP contribution in [0, 0.1) is 12.3 Å². The molecule has 120 valence electrons. The van der Waals surface area contributed by atoms with Crippen LogP contribution in [0.15, 0.2) is 29.4 Å². The van der Waals surface area contributed by atoms with E-state index in [9.17, 15) is 4.79 Å². The van der Waals surface area contributed by atoms with Crippen molar-refractivity contribution < 1.29 is 9.53 Å². The molecule has 0 saturated carbocycles. The van der Waals surface area contributed by atoms with Crippen LogP contribution >= 0.6 is 11.8 Å². The van der Waals surface area contributed by atoms with Crippen LogP contribution in [-0.2, 0) is 11.8 Å². The van der Waals surface area contributed by atoms with Crippen LogP contribution in [-0.4, -0.2) is 39.6 Å². The summed E-state index contributed by atoms with van der Waals surface area (Å²) in [6.45, 7) is 2.02. The first-order valence-electron chi connectivity index (χ1n) is 6.99. The average molecular weight is 330 g/mol. The Morgan fingerprint density at radius 2 is 2.22 bits per heavy atom. The van der Waals surface area contributed by atoms with Gasteiger partial charge in [-0.05, 0) is 19.1 Å². The predicted molar refractivity (Wildman–Crippen MR) is 90.2 cm³/mol. The molecular formula is C16H18N4O2S. The van der Waals surface area contributed by atoms with Crippen molar-refractivity contribution in [1.29, 1.82) is 0 Å². The average Bonchev–Trinajstić information content (AvgIpc) is 2.93. The molecule has 0 aliphatic carbocycles. The maximum absolute atomic E-state index is 11.9. The second kappa shape index (κ2) is 7.70. The first-order valence-corrected chi connectivity index (χ1v) is 7.87. The minimum Gasteiger partial charge on any atom is -0.496 e. The van der Waals surface area contributed by atoms with Gasteiger partial charge in [-0.1, -0.05) is 29.8 Å². The summed E-state index contributed by atoms with van der Waals surface area (Å²) >= 11 is 1.33. The summed E-state index contributed by atoms with van der Waals surface area (Å²) in [6, 6.07) is 7.59. The van der Waals surface area contributed by atoms with E-state index >= 15 is 0 Å². The molecule has 1 amide bonds. The van der Waals surface area contributed by atoms with Crippen LogP contribution < -0.4 is 10.1 Å². The number of benzene rings is 1. The second-order valence-electron chi connectivity index (χ2n) is 4.75. The molecule has 0 spiro atoms. The molecule has 1 heterocycles. The highest BCUT2D eigenvalue weighted by molar-refractivity contribution is 8.00. The summed E-state index contributed by atoms with van der Waals surface area (Å²) in [5, 5.41) is 11.4. The number of nitrogens with one attached hydrogen (secondary N) is 1. The summed E-state index contributed by atoms with van der Waals surface area (Å²) in [7, 11) is 3.47. The number of hydrogen-bond donors (Lipinski definition) is 1. The van der Waals surface area contributed by atoms with E-state index in [0.717, 1.165) is 11.3 Å². The summed E-state index contributed by atoms with van der Waals surface area (Å²) in [6.07, 6.45) is 5.14. The number of terminal acetylenes is 1. The van der Waals surface area contributed by atoms with Crippen LogP contribution in [0.5, 0.6) is 5.75 Å². The number of carbonyl (C=O) groups is 1. The van der Waals surface area contributed by atoms with Gasteiger partial charge in [0.15, 0.2) is 11.0 Å². The Labute approximate surface area is 139 Å². The molecule has 1 unspecified atom stereocenters. The molecule has 0 aliphatic rings. The molecule has 2 aromatic rings. The van der Waals surface area contributed by atoms with E-state index in [2.05, 4.69) is 21.4 Å². The predicted octanol–water partition coefficient (Wildman–Crippen LogP) is 1.72. The Morgan fingerprint density at radius 1 is 1.48 bits per heavy atom. The fourth-order valence-corrected chi connectivity index (χ4v) is 2.81. The number of rotatable bonds is 6. The van der Waals surface area contributed by atoms with Gasteiger partial charge in [0.05, 0.1) is 24.5 Å². The van der Waals surface area contributed by atoms with Crippen molar-refractivity contribution in [2.75, 3.05) is 13.7 Å². The maximum atomic E-state index is 11.9. The highest BCUT2D eigenvalue weighted by Gasteiger charge is 2.20. The van der Waals surface area contributed by atoms with E-state index in [4.69, 9.17) is 11.2 Å². The molecule has 0 radical (unpaired) electrons. The Morgan fingerprint density at radius 3 is 2.91 bits per heavy atom. The molecule has 1 aromatic heterocycles. The molecular weight excluding hydrogens is 312 g/mol. The number of aromatic nitrogens is 3. The lowest BCUT2D eigenvalue weighted by Gasteiger charge is -2.11. The van der Waals surface area contributed by atoms with Crippen LogP contribution in [0.3, 0.4) is 0 Å². The van der Waals surface area contributed by atoms with Crippen LogP contribution in [0.2, 0.25) is 0 Å². The molecule has 7 heteroatoms. The van der Waals surface area contributed by atoms with E-state index in [1.807, 2.05) is 35.9 Å². The lowest BCUT2D eigenvalue weighted by molar-refractivity contribution is -0.120. The number of hydrogen-bond acceptors (Lipinski definition) is 5. The monoisotopic (exact) mass is 330 g/mol. The number of para-hydroxylation sites is 1. The zero-order valence-electron chi connectivity index (χ0n) is 13.2. The normalized spacial score (nSPS) is 11.6. The number of nitrogens with zero attached hydrogens (tertiary/aromatic N) is 3. The van der Waals surface area contributed by atoms with Crippen molar-refractivity contribution >= 4 is 17.7 Å². The first-order chi connectivity index (χ1) is 11.1. The van der Waals surface area contributed by atoms with Gasteiger partial charge in [-0.3, -0.25) is 4.79 Å². The third kappa shape index (κ3) is 3.85. The van der Waals surface area contributed by atoms with Gasteiger partial charge in [0.25, 0.3) is 0 Å². The zero-order chi connectivity index (χ0) is 16.8. The molecule has 0 fully saturated rings. The van der Waals surface area contributed by atoms with Gasteiger partial charge in [0.1, 0.15) is 5.75 Å². The highest BCUT2D eigenvalue weighted by Crippen LogP contribution is 2.30. The third-order valence-electron chi connectivity index (χ3n) is 3.20. The number of amides is 1. The maximum Gasteiger partial charge on any atom is 0.234 e. The number of methoxy groups -OCH3 is 1. The Balaban J connectivity index is 2.20. The van der Waals surface area contributed by atoms with Gasteiger partial charge in [-0.15, -0.1) is 16.6 Å². The first kappa shape index (κ1) is 16.9. The van der Waals surface area contributed by atoms with Crippen LogP contribution in [0.1, 0.15) is 6.92 Å². The van der Waals surface area contributed by atoms with E-state index in [-0.39, 0.29) is 17.7 Å². The van der Waals surface area contributed by atoms with Crippen molar-refractivity contribution in [3.63, 3.8) is 0 Å². The quantitative estimate of drug-likeness (QED) is 0.645. The van der Waals surface area contributed by atoms with Crippen molar-refractivity contribution in [3.8, 4) is 29.5 Å². The van der Waals surface area contributed by atoms with Crippen molar-refractivity contribution in [1.82, 2.24) is 20.1 Å². The molecule has 0 bridgehead atoms. The van der Waals surface area contributed by atoms with Gasteiger partial charge in [-0.2, -0.15) is 0 Å². The lowest BCUT2D eigenvalue weighted by Crippen LogP contribution is -2.31. The number of carbonyl (C=O) groups excluding carboxylic acids is 1. The largest absolute Gasteiger partial charge is 0.496 e. The smallest absolute Gasteiger partial charge is 0.234 e. The number of ether oxygens (including phenoxy) is 1. The minimum absolute atomic E-state index is 0.130. The summed E-state index contributed by atoms with van der Waals surface area (Å²) in [5.41, 5.74) is 0.848. The standard InChI is InChI=1S/C16H18N4O2S/c1-5-10-17-15(21)11(2)23-16-19-18-14(20(16)3)12-8-6-7-9-13(12)22-4/h1,6-9,11H,10H2,2-4H3,(H,17,21). The molecule has 1 atom stereocenters. The molecule has 1 N–H and O–H groups in total. The van der Waals surface area contributed by atoms with Crippen molar-refractivity contribution in [2.24, 2.45) is 7.05 Å². The molecule has 0 aliphatic heterocycles. The molecule has 2 rings (SSSR count). The Bertz CT molecular complexity index is 736. The van der Waals surface area contributed by atoms with Gasteiger partial charge in [-0.25, -0.2) is 0 Å². The third-order valence-corrected chi connectivity index (χ3v) is 4.33. The Kier molecular flexibility index (Phi) is 5.66. The van der Waals surface area contributed by atoms with E-state index in [1.54, 1.807) is 14.0 Å². The van der Waals surface area contributed by atoms with Crippen LogP contribution in [0.4, 0.5) is 0 Å². The summed E-state index contributed by atoms with van der Waals surface area (Å²) < 4.78 is 7.20. The van der Waals surface area contributed by atoms with E-state index in [0.29, 0.717) is 11.0 Å². The zero-order valence-corrected chi connectivity index (χ0v) is 14.1. The summed E-state index contributed by atoms with van der Waals surface area (Å²) in [5.74, 6) is 3.65. The Hall–Kier alpha value is -2.46. The van der Waals surface area contributed by atoms with Crippen molar-refractivity contribution in [2.45, 2.75) is 17.3 Å². The fourth-order valence-electron chi connectivity index (χ4n) is 1.97. The molecule has 1 aromatic carbocycles. The highest BCUT2D eigenvalue weighted by atomic mass is 32.2. The van der Waals surface area contributed by atoms with Crippen LogP contribution in [0.25, 0.3) is 11.4 Å². The molecule has 6 nitrogen and oxygen atoms in total. The second-order valence-corrected chi connectivity index (χ2v) is 6.06. The molecule has 23 heavy (non-hydrogen) atoms. The SMILES string of the molecule is C#CCNC(=O)C(C)Sc1nnc(-c2ccccc2OC)n1C. The van der Waals surface area contributed by atoms with Gasteiger partial charge in [0.2, 0.25) is 5.91 Å². The topological polar surface area (TPSA) is 69.0 Å². The van der Waals surface area contributed by atoms with Gasteiger partial charge in [0, 0.05) is 7.05 Å². The molecule has 0 saturated heterocycles. The van der Waals surface area contributed by atoms with E-state index in [1.165, 1.54) is 11.8 Å². The summed E-state index contributed by atoms with van der Waals surface area (Å²) in [4.78, 5) is 11.9.